The smallest absolute Gasteiger partial charge is 0.411 e. The average molecular weight is 383 g/mol. The van der Waals surface area contributed by atoms with Crippen LogP contribution in [-0.2, 0) is 6.54 Å². The summed E-state index contributed by atoms with van der Waals surface area (Å²) < 4.78 is 1.33. The van der Waals surface area contributed by atoms with Crippen LogP contribution in [0.4, 0.5) is 5.95 Å². The Bertz CT molecular complexity index is 667. The minimum atomic E-state index is -0.650. The van der Waals surface area contributed by atoms with Gasteiger partial charge in [0, 0.05) is 0 Å². The number of nitro groups is 1. The SMILES string of the molecule is CC(C)(C=NO)NCCCCNC(C)(C)C(Cn1ccnc1[N+](=O)[O-])=NO. The number of nitrogens with one attached hydrogen (secondary N) is 2. The summed E-state index contributed by atoms with van der Waals surface area (Å²) in [6, 6.07) is 0. The molecule has 0 aliphatic rings. The Morgan fingerprint density at radius 1 is 1.30 bits per heavy atom. The third-order valence-corrected chi connectivity index (χ3v) is 4.15. The van der Waals surface area contributed by atoms with Crippen LogP contribution in [0, 0.1) is 10.1 Å². The average Bonchev–Trinajstić information content (AvgIpc) is 3.04. The molecule has 4 N–H and O–H groups in total. The predicted octanol–water partition coefficient (Wildman–Crippen LogP) is 1.60. The maximum atomic E-state index is 11.0. The molecule has 0 spiro atoms. The van der Waals surface area contributed by atoms with E-state index in [1.165, 1.54) is 23.2 Å². The van der Waals surface area contributed by atoms with Gasteiger partial charge in [0.2, 0.25) is 0 Å². The molecule has 1 aromatic heterocycles. The molecular weight excluding hydrogens is 354 g/mol. The van der Waals surface area contributed by atoms with Gasteiger partial charge in [-0.1, -0.05) is 10.1 Å². The first kappa shape index (κ1) is 22.5. The van der Waals surface area contributed by atoms with Crippen LogP contribution in [0.1, 0.15) is 40.5 Å². The summed E-state index contributed by atoms with van der Waals surface area (Å²) in [6.07, 6.45) is 6.01. The summed E-state index contributed by atoms with van der Waals surface area (Å²) in [5.74, 6) is -0.299. The molecule has 0 saturated heterocycles. The molecule has 0 atom stereocenters. The number of hydrogen-bond donors (Lipinski definition) is 4. The normalized spacial score (nSPS) is 13.4. The monoisotopic (exact) mass is 383 g/mol. The van der Waals surface area contributed by atoms with Gasteiger partial charge in [-0.2, -0.15) is 0 Å². The summed E-state index contributed by atoms with van der Waals surface area (Å²) in [6.45, 7) is 9.01. The third kappa shape index (κ3) is 7.31. The van der Waals surface area contributed by atoms with Crippen LogP contribution in [0.3, 0.4) is 0 Å². The fraction of sp³-hybridized carbons (Fsp3) is 0.688. The zero-order valence-electron chi connectivity index (χ0n) is 16.2. The molecule has 1 rings (SSSR count). The quantitative estimate of drug-likeness (QED) is 0.141. The van der Waals surface area contributed by atoms with Gasteiger partial charge >= 0.3 is 5.95 Å². The van der Waals surface area contributed by atoms with Gasteiger partial charge in [-0.3, -0.25) is 0 Å². The fourth-order valence-corrected chi connectivity index (χ4v) is 2.47. The van der Waals surface area contributed by atoms with Crippen LogP contribution in [0.15, 0.2) is 22.7 Å². The standard InChI is InChI=1S/C16H29N7O4/c1-15(2,12-20-24)18-7-5-6-8-19-16(3,4)13(21-25)11-22-10-9-17-14(22)23(26)27/h9-10,12,18-19,24-25H,5-8,11H2,1-4H3. The lowest BCUT2D eigenvalue weighted by molar-refractivity contribution is -0.396. The Kier molecular flexibility index (Phi) is 8.32. The third-order valence-electron chi connectivity index (χ3n) is 4.15. The molecule has 11 nitrogen and oxygen atoms in total. The highest BCUT2D eigenvalue weighted by atomic mass is 16.6. The van der Waals surface area contributed by atoms with Crippen molar-refractivity contribution in [1.82, 2.24) is 20.2 Å². The van der Waals surface area contributed by atoms with E-state index in [1.54, 1.807) is 0 Å². The highest BCUT2D eigenvalue weighted by Gasteiger charge is 2.28. The maximum Gasteiger partial charge on any atom is 0.434 e. The minimum Gasteiger partial charge on any atom is -0.411 e. The number of nitrogens with zero attached hydrogens (tertiary/aromatic N) is 5. The Hall–Kier alpha value is -2.53. The zero-order chi connectivity index (χ0) is 20.5. The largest absolute Gasteiger partial charge is 0.434 e. The lowest BCUT2D eigenvalue weighted by Gasteiger charge is -2.27. The molecule has 0 unspecified atom stereocenters. The summed E-state index contributed by atoms with van der Waals surface area (Å²) in [5, 5.41) is 41.9. The highest BCUT2D eigenvalue weighted by Crippen LogP contribution is 2.13. The van der Waals surface area contributed by atoms with Crippen LogP contribution < -0.4 is 10.6 Å². The molecule has 11 heteroatoms. The molecule has 0 radical (unpaired) electrons. The van der Waals surface area contributed by atoms with E-state index in [9.17, 15) is 15.3 Å². The summed E-state index contributed by atoms with van der Waals surface area (Å²) in [7, 11) is 0. The predicted molar refractivity (Wildman–Crippen MR) is 102 cm³/mol. The Morgan fingerprint density at radius 3 is 2.48 bits per heavy atom. The number of rotatable bonds is 12. The molecule has 0 aromatic carbocycles. The van der Waals surface area contributed by atoms with Gasteiger partial charge < -0.3 is 31.2 Å². The molecule has 0 fully saturated rings. The number of hydrogen-bond acceptors (Lipinski definition) is 9. The number of oxime groups is 2. The van der Waals surface area contributed by atoms with E-state index in [2.05, 4.69) is 25.9 Å². The Morgan fingerprint density at radius 2 is 1.93 bits per heavy atom. The first-order chi connectivity index (χ1) is 12.6. The second-order valence-electron chi connectivity index (χ2n) is 7.31. The second-order valence-corrected chi connectivity index (χ2v) is 7.31. The van der Waals surface area contributed by atoms with Crippen molar-refractivity contribution >= 4 is 17.9 Å². The first-order valence-electron chi connectivity index (χ1n) is 8.68. The van der Waals surface area contributed by atoms with Crippen LogP contribution in [0.2, 0.25) is 0 Å². The number of unbranched alkanes of at least 4 members (excludes halogenated alkanes) is 1. The van der Waals surface area contributed by atoms with E-state index in [0.29, 0.717) is 12.3 Å². The van der Waals surface area contributed by atoms with Gasteiger partial charge in [-0.05, 0) is 58.5 Å². The van der Waals surface area contributed by atoms with E-state index >= 15 is 0 Å². The molecule has 1 heterocycles. The molecule has 0 bridgehead atoms. The highest BCUT2D eigenvalue weighted by molar-refractivity contribution is 5.92. The van der Waals surface area contributed by atoms with Crippen molar-refractivity contribution in [2.45, 2.75) is 58.2 Å². The molecule has 0 aliphatic carbocycles. The van der Waals surface area contributed by atoms with Crippen LogP contribution in [0.5, 0.6) is 0 Å². The van der Waals surface area contributed by atoms with Gasteiger partial charge in [0.15, 0.2) is 0 Å². The van der Waals surface area contributed by atoms with Crippen molar-refractivity contribution in [3.63, 3.8) is 0 Å². The van der Waals surface area contributed by atoms with Crippen LogP contribution in [0.25, 0.3) is 0 Å². The van der Waals surface area contributed by atoms with Crippen molar-refractivity contribution in [2.75, 3.05) is 13.1 Å². The lowest BCUT2D eigenvalue weighted by atomic mass is 9.97. The van der Waals surface area contributed by atoms with Gasteiger partial charge in [0.25, 0.3) is 0 Å². The van der Waals surface area contributed by atoms with Crippen molar-refractivity contribution in [2.24, 2.45) is 10.3 Å². The van der Waals surface area contributed by atoms with Crippen LogP contribution in [-0.4, -0.2) is 61.0 Å². The van der Waals surface area contributed by atoms with Crippen LogP contribution >= 0.6 is 0 Å². The first-order valence-corrected chi connectivity index (χ1v) is 8.68. The van der Waals surface area contributed by atoms with E-state index in [0.717, 1.165) is 19.4 Å². The molecular formula is C16H29N7O4. The van der Waals surface area contributed by atoms with E-state index in [-0.39, 0.29) is 18.0 Å². The zero-order valence-corrected chi connectivity index (χ0v) is 16.2. The molecule has 0 saturated carbocycles. The maximum absolute atomic E-state index is 11.0. The fourth-order valence-electron chi connectivity index (χ4n) is 2.47. The molecule has 27 heavy (non-hydrogen) atoms. The Balaban J connectivity index is 2.48. The summed E-state index contributed by atoms with van der Waals surface area (Å²) >= 11 is 0. The molecule has 1 aromatic rings. The van der Waals surface area contributed by atoms with Crippen molar-refractivity contribution < 1.29 is 15.3 Å². The topological polar surface area (TPSA) is 150 Å². The second kappa shape index (κ2) is 9.97. The van der Waals surface area contributed by atoms with Gasteiger partial charge in [0.05, 0.1) is 17.3 Å². The van der Waals surface area contributed by atoms with E-state index in [1.807, 2.05) is 27.7 Å². The van der Waals surface area contributed by atoms with Crippen molar-refractivity contribution in [3.8, 4) is 0 Å². The number of imidazole rings is 1. The van der Waals surface area contributed by atoms with E-state index < -0.39 is 10.5 Å². The van der Waals surface area contributed by atoms with Gasteiger partial charge in [0.1, 0.15) is 24.7 Å². The number of aromatic nitrogens is 2. The van der Waals surface area contributed by atoms with E-state index in [4.69, 9.17) is 5.21 Å². The summed E-state index contributed by atoms with van der Waals surface area (Å²) in [5.41, 5.74) is -0.664. The molecule has 0 amide bonds. The summed E-state index contributed by atoms with van der Waals surface area (Å²) in [4.78, 5) is 14.1. The van der Waals surface area contributed by atoms with Gasteiger partial charge in [-0.25, -0.2) is 4.57 Å². The minimum absolute atomic E-state index is 0.0586. The van der Waals surface area contributed by atoms with Crippen molar-refractivity contribution in [3.05, 3.63) is 22.5 Å². The Labute approximate surface area is 158 Å². The molecule has 152 valence electrons. The van der Waals surface area contributed by atoms with Gasteiger partial charge in [-0.15, -0.1) is 5.16 Å². The van der Waals surface area contributed by atoms with Crippen molar-refractivity contribution in [1.29, 1.82) is 0 Å². The molecule has 0 aliphatic heterocycles. The lowest BCUT2D eigenvalue weighted by Crippen LogP contribution is -2.49.